The first-order valence-electron chi connectivity index (χ1n) is 8.78. The zero-order valence-corrected chi connectivity index (χ0v) is 16.5. The number of ether oxygens (including phenoxy) is 1. The van der Waals surface area contributed by atoms with E-state index < -0.39 is 0 Å². The highest BCUT2D eigenvalue weighted by Gasteiger charge is 2.11. The van der Waals surface area contributed by atoms with Crippen LogP contribution in [0.25, 0.3) is 0 Å². The predicted molar refractivity (Wildman–Crippen MR) is 110 cm³/mol. The third-order valence-electron chi connectivity index (χ3n) is 3.90. The molecule has 2 amide bonds. The molecule has 2 aromatic carbocycles. The summed E-state index contributed by atoms with van der Waals surface area (Å²) >= 11 is 1.39. The number of rotatable bonds is 7. The Kier molecular flexibility index (Phi) is 6.39. The molecule has 0 aliphatic carbocycles. The van der Waals surface area contributed by atoms with Gasteiger partial charge in [-0.25, -0.2) is 4.98 Å². The van der Waals surface area contributed by atoms with Gasteiger partial charge in [0.15, 0.2) is 0 Å². The van der Waals surface area contributed by atoms with Crippen molar-refractivity contribution in [3.63, 3.8) is 0 Å². The fraction of sp³-hybridized carbons (Fsp3) is 0.190. The summed E-state index contributed by atoms with van der Waals surface area (Å²) in [6.45, 7) is 4.19. The number of anilines is 1. The van der Waals surface area contributed by atoms with Crippen molar-refractivity contribution in [3.05, 3.63) is 75.7 Å². The first kappa shape index (κ1) is 19.6. The van der Waals surface area contributed by atoms with E-state index in [-0.39, 0.29) is 11.8 Å². The van der Waals surface area contributed by atoms with Crippen molar-refractivity contribution in [2.75, 3.05) is 5.32 Å². The molecule has 1 heterocycles. The van der Waals surface area contributed by atoms with Crippen LogP contribution in [0.5, 0.6) is 5.75 Å². The number of aromatic nitrogens is 1. The number of thiazole rings is 1. The lowest BCUT2D eigenvalue weighted by atomic mass is 10.2. The van der Waals surface area contributed by atoms with Crippen molar-refractivity contribution in [2.45, 2.75) is 27.0 Å². The van der Waals surface area contributed by atoms with Crippen molar-refractivity contribution in [3.8, 4) is 5.75 Å². The Morgan fingerprint density at radius 3 is 2.46 bits per heavy atom. The zero-order chi connectivity index (χ0) is 19.9. The lowest BCUT2D eigenvalue weighted by Crippen LogP contribution is -2.23. The van der Waals surface area contributed by atoms with Crippen molar-refractivity contribution in [1.29, 1.82) is 0 Å². The smallest absolute Gasteiger partial charge is 0.271 e. The van der Waals surface area contributed by atoms with Crippen LogP contribution in [0.1, 0.15) is 33.5 Å². The fourth-order valence-corrected chi connectivity index (χ4v) is 3.13. The molecular formula is C21H21N3O3S. The number of carbonyl (C=O) groups is 2. The van der Waals surface area contributed by atoms with Crippen LogP contribution >= 0.6 is 11.3 Å². The molecule has 144 valence electrons. The van der Waals surface area contributed by atoms with Gasteiger partial charge in [0.25, 0.3) is 5.91 Å². The normalized spacial score (nSPS) is 10.4. The lowest BCUT2D eigenvalue weighted by Gasteiger charge is -2.06. The van der Waals surface area contributed by atoms with Gasteiger partial charge < -0.3 is 15.4 Å². The van der Waals surface area contributed by atoms with Gasteiger partial charge in [-0.05, 0) is 36.8 Å². The number of carbonyl (C=O) groups excluding carboxylic acids is 2. The Labute approximate surface area is 167 Å². The van der Waals surface area contributed by atoms with Gasteiger partial charge in [0.1, 0.15) is 23.1 Å². The number of nitrogens with zero attached hydrogens (tertiary/aromatic N) is 1. The molecule has 3 aromatic rings. The number of nitrogens with one attached hydrogen (secondary N) is 2. The predicted octanol–water partition coefficient (Wildman–Crippen LogP) is 3.92. The van der Waals surface area contributed by atoms with Crippen molar-refractivity contribution < 1.29 is 14.3 Å². The Balaban J connectivity index is 1.49. The van der Waals surface area contributed by atoms with Crippen molar-refractivity contribution in [2.24, 2.45) is 0 Å². The first-order valence-corrected chi connectivity index (χ1v) is 9.66. The third kappa shape index (κ3) is 5.65. The fourth-order valence-electron chi connectivity index (χ4n) is 2.44. The van der Waals surface area contributed by atoms with Crippen LogP contribution in [0.2, 0.25) is 0 Å². The lowest BCUT2D eigenvalue weighted by molar-refractivity contribution is -0.114. The minimum absolute atomic E-state index is 0.119. The topological polar surface area (TPSA) is 80.3 Å². The standard InChI is InChI=1S/C21H21N3O3S/c1-14-3-9-18(10-4-14)27-12-20-24-19(13-28-20)21(26)22-11-16-5-7-17(8-6-16)23-15(2)25/h3-10,13H,11-12H2,1-2H3,(H,22,26)(H,23,25). The molecule has 28 heavy (non-hydrogen) atoms. The van der Waals surface area contributed by atoms with E-state index >= 15 is 0 Å². The first-order chi connectivity index (χ1) is 13.5. The number of amides is 2. The quantitative estimate of drug-likeness (QED) is 0.635. The average Bonchev–Trinajstić information content (AvgIpc) is 3.15. The van der Waals surface area contributed by atoms with E-state index in [9.17, 15) is 9.59 Å². The van der Waals surface area contributed by atoms with Crippen molar-refractivity contribution in [1.82, 2.24) is 10.3 Å². The number of hydrogen-bond acceptors (Lipinski definition) is 5. The average molecular weight is 395 g/mol. The largest absolute Gasteiger partial charge is 0.486 e. The second-order valence-electron chi connectivity index (χ2n) is 6.29. The van der Waals surface area contributed by atoms with Crippen LogP contribution in [0.4, 0.5) is 5.69 Å². The van der Waals surface area contributed by atoms with Gasteiger partial charge in [0.05, 0.1) is 0 Å². The van der Waals surface area contributed by atoms with Crippen molar-refractivity contribution >= 4 is 28.8 Å². The number of hydrogen-bond donors (Lipinski definition) is 2. The third-order valence-corrected chi connectivity index (χ3v) is 4.72. The van der Waals surface area contributed by atoms with E-state index in [2.05, 4.69) is 15.6 Å². The van der Waals surface area contributed by atoms with E-state index in [1.807, 2.05) is 43.3 Å². The van der Waals surface area contributed by atoms with E-state index in [0.717, 1.165) is 22.0 Å². The molecular weight excluding hydrogens is 374 g/mol. The molecule has 1 aromatic heterocycles. The van der Waals surface area contributed by atoms with Gasteiger partial charge in [0.2, 0.25) is 5.91 Å². The molecule has 6 nitrogen and oxygen atoms in total. The second-order valence-corrected chi connectivity index (χ2v) is 7.23. The summed E-state index contributed by atoms with van der Waals surface area (Å²) in [4.78, 5) is 27.7. The van der Waals surface area contributed by atoms with Crippen LogP contribution in [-0.2, 0) is 17.9 Å². The van der Waals surface area contributed by atoms with Gasteiger partial charge in [-0.3, -0.25) is 9.59 Å². The highest BCUT2D eigenvalue weighted by Crippen LogP contribution is 2.16. The maximum atomic E-state index is 12.3. The van der Waals surface area contributed by atoms with Crippen LogP contribution in [-0.4, -0.2) is 16.8 Å². The number of benzene rings is 2. The molecule has 0 aliphatic heterocycles. The van der Waals surface area contributed by atoms with E-state index in [4.69, 9.17) is 4.74 Å². The zero-order valence-electron chi connectivity index (χ0n) is 15.7. The summed E-state index contributed by atoms with van der Waals surface area (Å²) in [5, 5.41) is 8.02. The highest BCUT2D eigenvalue weighted by atomic mass is 32.1. The minimum atomic E-state index is -0.233. The van der Waals surface area contributed by atoms with Crippen LogP contribution in [0.15, 0.2) is 53.9 Å². The Bertz CT molecular complexity index is 950. The molecule has 2 N–H and O–H groups in total. The van der Waals surface area contributed by atoms with Gasteiger partial charge in [-0.2, -0.15) is 0 Å². The summed E-state index contributed by atoms with van der Waals surface area (Å²) in [5.41, 5.74) is 3.20. The monoisotopic (exact) mass is 395 g/mol. The van der Waals surface area contributed by atoms with Gasteiger partial charge in [0, 0.05) is 24.5 Å². The van der Waals surface area contributed by atoms with Gasteiger partial charge in [-0.15, -0.1) is 11.3 Å². The Morgan fingerprint density at radius 2 is 1.79 bits per heavy atom. The van der Waals surface area contributed by atoms with Gasteiger partial charge >= 0.3 is 0 Å². The van der Waals surface area contributed by atoms with E-state index in [0.29, 0.717) is 18.8 Å². The molecule has 0 saturated carbocycles. The summed E-state index contributed by atoms with van der Waals surface area (Å²) < 4.78 is 5.69. The molecule has 0 unspecified atom stereocenters. The molecule has 0 fully saturated rings. The Morgan fingerprint density at radius 1 is 1.07 bits per heavy atom. The highest BCUT2D eigenvalue weighted by molar-refractivity contribution is 7.09. The maximum absolute atomic E-state index is 12.3. The summed E-state index contributed by atoms with van der Waals surface area (Å²) in [6.07, 6.45) is 0. The van der Waals surface area contributed by atoms with Crippen LogP contribution in [0, 0.1) is 6.92 Å². The molecule has 0 radical (unpaired) electrons. The van der Waals surface area contributed by atoms with Gasteiger partial charge in [-0.1, -0.05) is 29.8 Å². The summed E-state index contributed by atoms with van der Waals surface area (Å²) in [7, 11) is 0. The SMILES string of the molecule is CC(=O)Nc1ccc(CNC(=O)c2csc(COc3ccc(C)cc3)n2)cc1. The van der Waals surface area contributed by atoms with Crippen LogP contribution < -0.4 is 15.4 Å². The molecule has 0 aliphatic rings. The molecule has 7 heteroatoms. The molecule has 0 atom stereocenters. The minimum Gasteiger partial charge on any atom is -0.486 e. The van der Waals surface area contributed by atoms with Crippen LogP contribution in [0.3, 0.4) is 0 Å². The second kappa shape index (κ2) is 9.14. The Hall–Kier alpha value is -3.19. The summed E-state index contributed by atoms with van der Waals surface area (Å²) in [6, 6.07) is 15.1. The molecule has 0 spiro atoms. The summed E-state index contributed by atoms with van der Waals surface area (Å²) in [5.74, 6) is 0.421. The number of aryl methyl sites for hydroxylation is 1. The van der Waals surface area contributed by atoms with E-state index in [1.54, 1.807) is 17.5 Å². The molecule has 0 bridgehead atoms. The van der Waals surface area contributed by atoms with E-state index in [1.165, 1.54) is 23.8 Å². The molecule has 0 saturated heterocycles. The molecule has 3 rings (SSSR count). The maximum Gasteiger partial charge on any atom is 0.271 e.